The Kier molecular flexibility index (Phi) is 6.15. The molecule has 2 aromatic carbocycles. The summed E-state index contributed by atoms with van der Waals surface area (Å²) < 4.78 is 76.9. The summed E-state index contributed by atoms with van der Waals surface area (Å²) in [6, 6.07) is 9.09. The van der Waals surface area contributed by atoms with Crippen LogP contribution in [0.1, 0.15) is 39.6 Å². The first-order valence-corrected chi connectivity index (χ1v) is 7.79. The molecular weight excluding hydrogens is 376 g/mol. The third kappa shape index (κ3) is 5.72. The molecule has 0 bridgehead atoms. The third-order valence-electron chi connectivity index (χ3n) is 3.74. The minimum absolute atomic E-state index is 0.0425. The molecule has 0 aromatic heterocycles. The molecular formula is C18H15F6NO2. The van der Waals surface area contributed by atoms with Gasteiger partial charge in [0.15, 0.2) is 0 Å². The van der Waals surface area contributed by atoms with Crippen LogP contribution in [0.15, 0.2) is 48.5 Å². The molecule has 3 nitrogen and oxygen atoms in total. The number of carbonyl (C=O) groups is 1. The number of halogens is 6. The molecule has 1 atom stereocenters. The van der Waals surface area contributed by atoms with Crippen molar-refractivity contribution in [1.82, 2.24) is 5.32 Å². The van der Waals surface area contributed by atoms with Crippen molar-refractivity contribution >= 4 is 5.91 Å². The highest BCUT2D eigenvalue weighted by Crippen LogP contribution is 2.36. The van der Waals surface area contributed by atoms with Crippen molar-refractivity contribution in [2.45, 2.75) is 24.9 Å². The normalized spacial score (nSPS) is 13.3. The predicted octanol–water partition coefficient (Wildman–Crippen LogP) is 4.58. The first kappa shape index (κ1) is 20.8. The second kappa shape index (κ2) is 7.99. The van der Waals surface area contributed by atoms with Gasteiger partial charge in [-0.3, -0.25) is 4.79 Å². The second-order valence-electron chi connectivity index (χ2n) is 5.77. The molecule has 1 amide bonds. The molecule has 146 valence electrons. The maximum atomic E-state index is 12.8. The monoisotopic (exact) mass is 391 g/mol. The lowest BCUT2D eigenvalue weighted by molar-refractivity contribution is -0.143. The van der Waals surface area contributed by atoms with E-state index in [1.54, 1.807) is 30.3 Å². The lowest BCUT2D eigenvalue weighted by Gasteiger charge is -2.15. The standard InChI is InChI=1S/C18H15F6NO2/c19-17(20,21)13-8-12(9-14(10-13)18(22,23)24)16(27)25-7-6-15(26)11-4-2-1-3-5-11/h1-5,8-10,15,26H,6-7H2,(H,25,27). The molecule has 0 fully saturated rings. The smallest absolute Gasteiger partial charge is 0.388 e. The first-order valence-electron chi connectivity index (χ1n) is 7.79. The maximum Gasteiger partial charge on any atom is 0.416 e. The van der Waals surface area contributed by atoms with Crippen LogP contribution in [0.2, 0.25) is 0 Å². The lowest BCUT2D eigenvalue weighted by Crippen LogP contribution is -2.26. The zero-order valence-corrected chi connectivity index (χ0v) is 13.7. The van der Waals surface area contributed by atoms with E-state index in [2.05, 4.69) is 5.32 Å². The van der Waals surface area contributed by atoms with Crippen molar-refractivity contribution in [3.8, 4) is 0 Å². The van der Waals surface area contributed by atoms with E-state index in [0.29, 0.717) is 17.7 Å². The molecule has 0 aliphatic heterocycles. The summed E-state index contributed by atoms with van der Waals surface area (Å²) in [5, 5.41) is 12.2. The Morgan fingerprint density at radius 2 is 1.44 bits per heavy atom. The van der Waals surface area contributed by atoms with Gasteiger partial charge in [0.2, 0.25) is 0 Å². The Bertz CT molecular complexity index is 754. The van der Waals surface area contributed by atoms with Gasteiger partial charge in [-0.05, 0) is 30.2 Å². The Morgan fingerprint density at radius 3 is 1.93 bits per heavy atom. The number of rotatable bonds is 5. The molecule has 0 heterocycles. The third-order valence-corrected chi connectivity index (χ3v) is 3.74. The van der Waals surface area contributed by atoms with Gasteiger partial charge in [0.25, 0.3) is 5.91 Å². The van der Waals surface area contributed by atoms with Gasteiger partial charge in [-0.15, -0.1) is 0 Å². The van der Waals surface area contributed by atoms with Crippen LogP contribution in [-0.4, -0.2) is 17.6 Å². The highest BCUT2D eigenvalue weighted by atomic mass is 19.4. The van der Waals surface area contributed by atoms with Gasteiger partial charge >= 0.3 is 12.4 Å². The minimum Gasteiger partial charge on any atom is -0.388 e. The molecule has 2 N–H and O–H groups in total. The van der Waals surface area contributed by atoms with Crippen LogP contribution in [0.5, 0.6) is 0 Å². The van der Waals surface area contributed by atoms with E-state index in [1.165, 1.54) is 0 Å². The number of hydrogen-bond donors (Lipinski definition) is 2. The minimum atomic E-state index is -5.03. The summed E-state index contributed by atoms with van der Waals surface area (Å²) in [5.41, 5.74) is -3.31. The van der Waals surface area contributed by atoms with Gasteiger partial charge < -0.3 is 10.4 Å². The van der Waals surface area contributed by atoms with Crippen LogP contribution in [0.25, 0.3) is 0 Å². The molecule has 0 saturated heterocycles. The largest absolute Gasteiger partial charge is 0.416 e. The van der Waals surface area contributed by atoms with Crippen molar-refractivity contribution in [1.29, 1.82) is 0 Å². The first-order chi connectivity index (χ1) is 12.5. The van der Waals surface area contributed by atoms with Gasteiger partial charge in [0.05, 0.1) is 17.2 Å². The zero-order chi connectivity index (χ0) is 20.2. The molecule has 0 aliphatic rings. The van der Waals surface area contributed by atoms with Crippen molar-refractivity contribution in [3.05, 3.63) is 70.8 Å². The highest BCUT2D eigenvalue weighted by molar-refractivity contribution is 5.94. The molecule has 2 rings (SSSR count). The number of nitrogens with one attached hydrogen (secondary N) is 1. The number of aliphatic hydroxyl groups is 1. The highest BCUT2D eigenvalue weighted by Gasteiger charge is 2.37. The zero-order valence-electron chi connectivity index (χ0n) is 13.7. The number of carbonyl (C=O) groups excluding carboxylic acids is 1. The summed E-state index contributed by atoms with van der Waals surface area (Å²) in [5.74, 6) is -1.09. The average molecular weight is 391 g/mol. The average Bonchev–Trinajstić information content (AvgIpc) is 2.60. The fraction of sp³-hybridized carbons (Fsp3) is 0.278. The molecule has 0 aliphatic carbocycles. The second-order valence-corrected chi connectivity index (χ2v) is 5.77. The van der Waals surface area contributed by atoms with E-state index in [9.17, 15) is 36.2 Å². The van der Waals surface area contributed by atoms with Crippen molar-refractivity contribution in [2.75, 3.05) is 6.54 Å². The lowest BCUT2D eigenvalue weighted by atomic mass is 10.0. The summed E-state index contributed by atoms with van der Waals surface area (Å²) >= 11 is 0. The predicted molar refractivity (Wildman–Crippen MR) is 84.8 cm³/mol. The maximum absolute atomic E-state index is 12.8. The summed E-state index contributed by atoms with van der Waals surface area (Å²) in [6.45, 7) is -0.132. The molecule has 27 heavy (non-hydrogen) atoms. The number of benzene rings is 2. The van der Waals surface area contributed by atoms with Crippen LogP contribution < -0.4 is 5.32 Å². The van der Waals surface area contributed by atoms with Crippen LogP contribution in [0.4, 0.5) is 26.3 Å². The van der Waals surface area contributed by atoms with Gasteiger partial charge in [0, 0.05) is 12.1 Å². The number of aliphatic hydroxyl groups excluding tert-OH is 1. The molecule has 2 aromatic rings. The van der Waals surface area contributed by atoms with Crippen molar-refractivity contribution < 1.29 is 36.2 Å². The van der Waals surface area contributed by atoms with Crippen molar-refractivity contribution in [2.24, 2.45) is 0 Å². The van der Waals surface area contributed by atoms with Gasteiger partial charge in [-0.2, -0.15) is 26.3 Å². The molecule has 0 saturated carbocycles. The van der Waals surface area contributed by atoms with Crippen LogP contribution in [-0.2, 0) is 12.4 Å². The number of alkyl halides is 6. The van der Waals surface area contributed by atoms with E-state index < -0.39 is 41.1 Å². The van der Waals surface area contributed by atoms with Crippen LogP contribution >= 0.6 is 0 Å². The van der Waals surface area contributed by atoms with E-state index in [1.807, 2.05) is 0 Å². The summed E-state index contributed by atoms with van der Waals surface area (Å²) in [7, 11) is 0. The Morgan fingerprint density at radius 1 is 0.926 bits per heavy atom. The summed E-state index contributed by atoms with van der Waals surface area (Å²) in [4.78, 5) is 12.0. The SMILES string of the molecule is O=C(NCCC(O)c1ccccc1)c1cc(C(F)(F)F)cc(C(F)(F)F)c1. The Balaban J connectivity index is 2.11. The van der Waals surface area contributed by atoms with Crippen LogP contribution in [0, 0.1) is 0 Å². The van der Waals surface area contributed by atoms with E-state index >= 15 is 0 Å². The Hall–Kier alpha value is -2.55. The summed E-state index contributed by atoms with van der Waals surface area (Å²) in [6.07, 6.45) is -10.9. The van der Waals surface area contributed by atoms with Gasteiger partial charge in [0.1, 0.15) is 0 Å². The topological polar surface area (TPSA) is 49.3 Å². The van der Waals surface area contributed by atoms with Crippen molar-refractivity contribution in [3.63, 3.8) is 0 Å². The number of amides is 1. The fourth-order valence-electron chi connectivity index (χ4n) is 2.35. The molecule has 1 unspecified atom stereocenters. The van der Waals surface area contributed by atoms with E-state index in [0.717, 1.165) is 0 Å². The van der Waals surface area contributed by atoms with Gasteiger partial charge in [-0.1, -0.05) is 30.3 Å². The quantitative estimate of drug-likeness (QED) is 0.734. The molecule has 0 radical (unpaired) electrons. The molecule has 9 heteroatoms. The van der Waals surface area contributed by atoms with E-state index in [-0.39, 0.29) is 19.0 Å². The number of hydrogen-bond acceptors (Lipinski definition) is 2. The molecule has 0 spiro atoms. The fourth-order valence-corrected chi connectivity index (χ4v) is 2.35. The van der Waals surface area contributed by atoms with Gasteiger partial charge in [-0.25, -0.2) is 0 Å². The Labute approximate surface area is 150 Å². The van der Waals surface area contributed by atoms with E-state index in [4.69, 9.17) is 0 Å². The van der Waals surface area contributed by atoms with Crippen LogP contribution in [0.3, 0.4) is 0 Å².